The van der Waals surface area contributed by atoms with E-state index in [0.717, 1.165) is 31.8 Å². The van der Waals surface area contributed by atoms with Crippen molar-refractivity contribution < 1.29 is 28.0 Å². The zero-order valence-corrected chi connectivity index (χ0v) is 16.9. The molecule has 1 atom stereocenters. The molecular formula is C17H34NO6P. The Morgan fingerprint density at radius 3 is 2.20 bits per heavy atom. The number of carbonyl (C=O) groups is 1. The number of hydrogen-bond acceptors (Lipinski definition) is 6. The molecule has 0 fully saturated rings. The number of carbonyl (C=O) groups excluding carboxylic acids is 1. The van der Waals surface area contributed by atoms with Gasteiger partial charge in [-0.25, -0.2) is 9.36 Å². The molecule has 148 valence electrons. The molecule has 0 saturated heterocycles. The van der Waals surface area contributed by atoms with Gasteiger partial charge in [0.15, 0.2) is 0 Å². The Bertz CT molecular complexity index is 433. The van der Waals surface area contributed by atoms with E-state index in [1.165, 1.54) is 0 Å². The lowest BCUT2D eigenvalue weighted by Gasteiger charge is -2.33. The number of phosphoric ester groups is 1. The number of nitrogens with zero attached hydrogens (tertiary/aromatic N) is 1. The van der Waals surface area contributed by atoms with Crippen LogP contribution < -0.4 is 0 Å². The average molecular weight is 379 g/mol. The molecule has 25 heavy (non-hydrogen) atoms. The van der Waals surface area contributed by atoms with Crippen molar-refractivity contribution in [3.63, 3.8) is 0 Å². The number of phosphoric acid groups is 1. The van der Waals surface area contributed by atoms with Crippen LogP contribution in [0.3, 0.4) is 0 Å². The van der Waals surface area contributed by atoms with Gasteiger partial charge in [0, 0.05) is 12.6 Å². The first kappa shape index (κ1) is 24.3. The van der Waals surface area contributed by atoms with Crippen molar-refractivity contribution in [3.05, 3.63) is 12.7 Å². The fourth-order valence-corrected chi connectivity index (χ4v) is 3.01. The van der Waals surface area contributed by atoms with Crippen LogP contribution in [0.5, 0.6) is 0 Å². The highest BCUT2D eigenvalue weighted by molar-refractivity contribution is 7.47. The normalized spacial score (nSPS) is 14.3. The van der Waals surface area contributed by atoms with Crippen LogP contribution in [-0.4, -0.2) is 55.2 Å². The summed E-state index contributed by atoms with van der Waals surface area (Å²) in [5.74, 6) is -0.558. The van der Waals surface area contributed by atoms with Crippen LogP contribution >= 0.6 is 7.82 Å². The Kier molecular flexibility index (Phi) is 12.2. The quantitative estimate of drug-likeness (QED) is 0.265. The lowest BCUT2D eigenvalue weighted by molar-refractivity contribution is -0.160. The SMILES string of the molecule is C=CC(=O)OC(CCCC)(CCCC)COP(=O)(O)OCCN(C)C. The van der Waals surface area contributed by atoms with E-state index in [9.17, 15) is 14.3 Å². The van der Waals surface area contributed by atoms with E-state index in [2.05, 4.69) is 6.58 Å². The maximum absolute atomic E-state index is 12.1. The molecule has 0 heterocycles. The molecule has 0 aliphatic rings. The predicted molar refractivity (Wildman–Crippen MR) is 98.4 cm³/mol. The lowest BCUT2D eigenvalue weighted by atomic mass is 9.91. The number of esters is 1. The molecule has 0 aliphatic carbocycles. The molecule has 0 aromatic rings. The first-order valence-corrected chi connectivity index (χ1v) is 10.3. The number of hydrogen-bond donors (Lipinski definition) is 1. The van der Waals surface area contributed by atoms with Crippen molar-refractivity contribution >= 4 is 13.8 Å². The fraction of sp³-hybridized carbons (Fsp3) is 0.824. The lowest BCUT2D eigenvalue weighted by Crippen LogP contribution is -2.39. The highest BCUT2D eigenvalue weighted by Crippen LogP contribution is 2.45. The van der Waals surface area contributed by atoms with Crippen molar-refractivity contribution in [1.29, 1.82) is 0 Å². The third-order valence-electron chi connectivity index (χ3n) is 3.74. The van der Waals surface area contributed by atoms with Crippen LogP contribution in [0.15, 0.2) is 12.7 Å². The minimum atomic E-state index is -4.21. The van der Waals surface area contributed by atoms with Gasteiger partial charge < -0.3 is 14.5 Å². The average Bonchev–Trinajstić information content (AvgIpc) is 2.55. The summed E-state index contributed by atoms with van der Waals surface area (Å²) in [7, 11) is -0.535. The number of ether oxygens (including phenoxy) is 1. The zero-order valence-electron chi connectivity index (χ0n) is 16.0. The molecule has 1 unspecified atom stereocenters. The largest absolute Gasteiger partial charge is 0.472 e. The molecular weight excluding hydrogens is 345 g/mol. The topological polar surface area (TPSA) is 85.3 Å². The Morgan fingerprint density at radius 1 is 1.20 bits per heavy atom. The van der Waals surface area contributed by atoms with Crippen molar-refractivity contribution in [3.8, 4) is 0 Å². The summed E-state index contributed by atoms with van der Waals surface area (Å²) in [5, 5.41) is 0. The summed E-state index contributed by atoms with van der Waals surface area (Å²) in [6.07, 6.45) is 5.66. The van der Waals surface area contributed by atoms with Gasteiger partial charge in [0.2, 0.25) is 0 Å². The summed E-state index contributed by atoms with van der Waals surface area (Å²) in [5.41, 5.74) is -0.944. The van der Waals surface area contributed by atoms with Crippen LogP contribution in [0.25, 0.3) is 0 Å². The van der Waals surface area contributed by atoms with Gasteiger partial charge in [-0.2, -0.15) is 0 Å². The summed E-state index contributed by atoms with van der Waals surface area (Å²) in [6.45, 7) is 7.87. The molecule has 1 N–H and O–H groups in total. The summed E-state index contributed by atoms with van der Waals surface area (Å²) in [6, 6.07) is 0. The summed E-state index contributed by atoms with van der Waals surface area (Å²) >= 11 is 0. The van der Waals surface area contributed by atoms with Crippen molar-refractivity contribution in [2.75, 3.05) is 33.9 Å². The molecule has 0 amide bonds. The molecule has 7 nitrogen and oxygen atoms in total. The van der Waals surface area contributed by atoms with Crippen LogP contribution in [0.4, 0.5) is 0 Å². The molecule has 8 heteroatoms. The molecule has 0 saturated carbocycles. The van der Waals surface area contributed by atoms with E-state index in [0.29, 0.717) is 19.4 Å². The van der Waals surface area contributed by atoms with Gasteiger partial charge in [0.1, 0.15) is 5.60 Å². The number of likely N-dealkylation sites (N-methyl/N-ethyl adjacent to an activating group) is 1. The Hall–Kier alpha value is -0.720. The highest BCUT2D eigenvalue weighted by atomic mass is 31.2. The Balaban J connectivity index is 4.99. The van der Waals surface area contributed by atoms with Crippen LogP contribution in [0.2, 0.25) is 0 Å². The maximum Gasteiger partial charge on any atom is 0.472 e. The van der Waals surface area contributed by atoms with Gasteiger partial charge in [-0.05, 0) is 39.8 Å². The van der Waals surface area contributed by atoms with Crippen molar-refractivity contribution in [2.24, 2.45) is 0 Å². The van der Waals surface area contributed by atoms with Crippen molar-refractivity contribution in [1.82, 2.24) is 4.90 Å². The fourth-order valence-electron chi connectivity index (χ4n) is 2.23. The molecule has 0 spiro atoms. The van der Waals surface area contributed by atoms with Crippen LogP contribution in [0.1, 0.15) is 52.4 Å². The number of unbranched alkanes of at least 4 members (excludes halogenated alkanes) is 2. The standard InChI is InChI=1S/C17H34NO6P/c1-6-9-11-17(12-10-7-2,24-16(19)8-3)15-23-25(20,21)22-14-13-18(4)5/h8H,3,6-7,9-15H2,1-2,4-5H3,(H,20,21). The monoisotopic (exact) mass is 379 g/mol. The third kappa shape index (κ3) is 11.5. The van der Waals surface area contributed by atoms with Gasteiger partial charge in [-0.15, -0.1) is 0 Å². The van der Waals surface area contributed by atoms with Gasteiger partial charge >= 0.3 is 13.8 Å². The third-order valence-corrected chi connectivity index (χ3v) is 4.70. The first-order valence-electron chi connectivity index (χ1n) is 8.82. The van der Waals surface area contributed by atoms with E-state index >= 15 is 0 Å². The predicted octanol–water partition coefficient (Wildman–Crippen LogP) is 3.53. The van der Waals surface area contributed by atoms with E-state index in [1.807, 2.05) is 32.8 Å². The first-order chi connectivity index (χ1) is 11.7. The molecule has 0 aromatic heterocycles. The van der Waals surface area contributed by atoms with Gasteiger partial charge in [-0.3, -0.25) is 9.05 Å². The minimum Gasteiger partial charge on any atom is -0.453 e. The minimum absolute atomic E-state index is 0.0736. The molecule has 0 bridgehead atoms. The second-order valence-corrected chi connectivity index (χ2v) is 7.85. The van der Waals surface area contributed by atoms with Crippen molar-refractivity contribution in [2.45, 2.75) is 58.0 Å². The second kappa shape index (κ2) is 12.6. The maximum atomic E-state index is 12.1. The van der Waals surface area contributed by atoms with Crippen LogP contribution in [0, 0.1) is 0 Å². The van der Waals surface area contributed by atoms with Gasteiger partial charge in [-0.1, -0.05) is 33.3 Å². The highest BCUT2D eigenvalue weighted by Gasteiger charge is 2.36. The van der Waals surface area contributed by atoms with E-state index in [-0.39, 0.29) is 13.2 Å². The molecule has 0 aromatic carbocycles. The van der Waals surface area contributed by atoms with E-state index in [1.54, 1.807) is 0 Å². The van der Waals surface area contributed by atoms with E-state index < -0.39 is 19.4 Å². The Labute approximate surface area is 151 Å². The van der Waals surface area contributed by atoms with Gasteiger partial charge in [0.25, 0.3) is 0 Å². The molecule has 0 radical (unpaired) electrons. The smallest absolute Gasteiger partial charge is 0.453 e. The summed E-state index contributed by atoms with van der Waals surface area (Å²) < 4.78 is 27.8. The number of rotatable bonds is 15. The Morgan fingerprint density at radius 2 is 1.76 bits per heavy atom. The van der Waals surface area contributed by atoms with Crippen LogP contribution in [-0.2, 0) is 23.1 Å². The molecule has 0 rings (SSSR count). The zero-order chi connectivity index (χ0) is 19.3. The van der Waals surface area contributed by atoms with E-state index in [4.69, 9.17) is 13.8 Å². The summed E-state index contributed by atoms with van der Waals surface area (Å²) in [4.78, 5) is 23.5. The second-order valence-electron chi connectivity index (χ2n) is 6.39. The van der Waals surface area contributed by atoms with Gasteiger partial charge in [0.05, 0.1) is 13.2 Å². The molecule has 0 aliphatic heterocycles.